The number of methoxy groups -OCH3 is 1. The Balaban J connectivity index is 2.68. The molecule has 0 bridgehead atoms. The SMILES string of the molecule is COC1=CC(=O)C(c2c(C)cc(O)cc2O)=C(C)C1=O. The summed E-state index contributed by atoms with van der Waals surface area (Å²) >= 11 is 0. The van der Waals surface area contributed by atoms with Crippen molar-refractivity contribution in [2.45, 2.75) is 13.8 Å². The minimum Gasteiger partial charge on any atom is -0.508 e. The lowest BCUT2D eigenvalue weighted by Crippen LogP contribution is -2.18. The van der Waals surface area contributed by atoms with Crippen molar-refractivity contribution in [1.82, 2.24) is 0 Å². The van der Waals surface area contributed by atoms with Gasteiger partial charge in [-0.2, -0.15) is 0 Å². The molecule has 5 heteroatoms. The molecule has 0 heterocycles. The first-order valence-corrected chi connectivity index (χ1v) is 5.95. The number of Topliss-reactive ketones (excluding diaryl/α,β-unsaturated/α-hetero) is 1. The van der Waals surface area contributed by atoms with Gasteiger partial charge < -0.3 is 14.9 Å². The summed E-state index contributed by atoms with van der Waals surface area (Å²) < 4.78 is 4.86. The second kappa shape index (κ2) is 4.85. The second-order valence-corrected chi connectivity index (χ2v) is 4.56. The molecule has 1 aromatic carbocycles. The van der Waals surface area contributed by atoms with Crippen molar-refractivity contribution >= 4 is 17.1 Å². The predicted octanol–water partition coefficient (Wildman–Crippen LogP) is 1.86. The number of hydrogen-bond donors (Lipinski definition) is 2. The number of phenolic OH excluding ortho intramolecular Hbond substituents is 2. The maximum absolute atomic E-state index is 12.2. The zero-order valence-electron chi connectivity index (χ0n) is 11.4. The van der Waals surface area contributed by atoms with Gasteiger partial charge in [0.15, 0.2) is 11.5 Å². The van der Waals surface area contributed by atoms with Gasteiger partial charge in [0.05, 0.1) is 7.11 Å². The van der Waals surface area contributed by atoms with Crippen molar-refractivity contribution in [3.05, 3.63) is 40.7 Å². The molecule has 5 nitrogen and oxygen atoms in total. The van der Waals surface area contributed by atoms with Crippen molar-refractivity contribution < 1.29 is 24.5 Å². The zero-order valence-corrected chi connectivity index (χ0v) is 11.4. The Labute approximate surface area is 115 Å². The van der Waals surface area contributed by atoms with Crippen LogP contribution in [0.25, 0.3) is 5.57 Å². The summed E-state index contributed by atoms with van der Waals surface area (Å²) in [5.74, 6) is -1.18. The van der Waals surface area contributed by atoms with Crippen LogP contribution in [-0.2, 0) is 14.3 Å². The Morgan fingerprint density at radius 2 is 1.75 bits per heavy atom. The van der Waals surface area contributed by atoms with E-state index in [1.165, 1.54) is 20.1 Å². The number of carbonyl (C=O) groups excluding carboxylic acids is 2. The fraction of sp³-hybridized carbons (Fsp3) is 0.200. The van der Waals surface area contributed by atoms with E-state index >= 15 is 0 Å². The van der Waals surface area contributed by atoms with Gasteiger partial charge in [0.2, 0.25) is 5.78 Å². The number of benzene rings is 1. The van der Waals surface area contributed by atoms with Gasteiger partial charge in [-0.25, -0.2) is 0 Å². The van der Waals surface area contributed by atoms with Crippen molar-refractivity contribution in [2.75, 3.05) is 7.11 Å². The lowest BCUT2D eigenvalue weighted by atomic mass is 9.87. The highest BCUT2D eigenvalue weighted by Crippen LogP contribution is 2.37. The van der Waals surface area contributed by atoms with E-state index in [0.29, 0.717) is 5.56 Å². The average molecular weight is 274 g/mol. The number of phenols is 2. The molecule has 20 heavy (non-hydrogen) atoms. The minimum absolute atomic E-state index is 0.0211. The van der Waals surface area contributed by atoms with E-state index in [1.54, 1.807) is 6.92 Å². The first kappa shape index (κ1) is 13.9. The van der Waals surface area contributed by atoms with Crippen LogP contribution in [0.3, 0.4) is 0 Å². The third kappa shape index (κ3) is 2.07. The van der Waals surface area contributed by atoms with Crippen LogP contribution in [0.4, 0.5) is 0 Å². The Bertz CT molecular complexity index is 656. The summed E-state index contributed by atoms with van der Waals surface area (Å²) in [6.45, 7) is 3.15. The van der Waals surface area contributed by atoms with E-state index in [2.05, 4.69) is 0 Å². The monoisotopic (exact) mass is 274 g/mol. The second-order valence-electron chi connectivity index (χ2n) is 4.56. The fourth-order valence-electron chi connectivity index (χ4n) is 2.28. The number of ketones is 2. The van der Waals surface area contributed by atoms with E-state index in [1.807, 2.05) is 0 Å². The van der Waals surface area contributed by atoms with Gasteiger partial charge in [0, 0.05) is 28.9 Å². The molecule has 0 aliphatic heterocycles. The third-order valence-corrected chi connectivity index (χ3v) is 3.22. The number of aryl methyl sites for hydroxylation is 1. The molecule has 2 rings (SSSR count). The van der Waals surface area contributed by atoms with Crippen LogP contribution in [0, 0.1) is 6.92 Å². The van der Waals surface area contributed by atoms with Gasteiger partial charge in [0.1, 0.15) is 11.5 Å². The maximum Gasteiger partial charge on any atom is 0.224 e. The van der Waals surface area contributed by atoms with E-state index in [-0.39, 0.29) is 34.0 Å². The number of ether oxygens (including phenoxy) is 1. The molecule has 0 aromatic heterocycles. The molecule has 1 aliphatic carbocycles. The smallest absolute Gasteiger partial charge is 0.224 e. The van der Waals surface area contributed by atoms with Crippen molar-refractivity contribution in [3.8, 4) is 11.5 Å². The average Bonchev–Trinajstić information content (AvgIpc) is 2.36. The quantitative estimate of drug-likeness (QED) is 0.804. The molecule has 0 radical (unpaired) electrons. The molecule has 0 saturated carbocycles. The summed E-state index contributed by atoms with van der Waals surface area (Å²) in [4.78, 5) is 24.2. The molecule has 0 fully saturated rings. The molecule has 0 amide bonds. The fourth-order valence-corrected chi connectivity index (χ4v) is 2.28. The number of carbonyl (C=O) groups is 2. The van der Waals surface area contributed by atoms with Crippen LogP contribution < -0.4 is 0 Å². The number of allylic oxidation sites excluding steroid dienone is 3. The van der Waals surface area contributed by atoms with Crippen molar-refractivity contribution in [1.29, 1.82) is 0 Å². The molecule has 104 valence electrons. The zero-order chi connectivity index (χ0) is 15.0. The van der Waals surface area contributed by atoms with Gasteiger partial charge in [-0.3, -0.25) is 9.59 Å². The maximum atomic E-state index is 12.2. The molecule has 2 N–H and O–H groups in total. The highest BCUT2D eigenvalue weighted by molar-refractivity contribution is 6.37. The Hall–Kier alpha value is -2.56. The largest absolute Gasteiger partial charge is 0.508 e. The third-order valence-electron chi connectivity index (χ3n) is 3.22. The summed E-state index contributed by atoms with van der Waals surface area (Å²) in [5, 5.41) is 19.4. The molecule has 0 spiro atoms. The summed E-state index contributed by atoms with van der Waals surface area (Å²) in [5.41, 5.74) is 1.10. The van der Waals surface area contributed by atoms with E-state index in [4.69, 9.17) is 4.74 Å². The lowest BCUT2D eigenvalue weighted by molar-refractivity contribution is -0.117. The summed E-state index contributed by atoms with van der Waals surface area (Å²) in [6.07, 6.45) is 1.11. The van der Waals surface area contributed by atoms with Crippen LogP contribution in [0.5, 0.6) is 11.5 Å². The molecule has 1 aliphatic rings. The van der Waals surface area contributed by atoms with Crippen LogP contribution in [0.1, 0.15) is 18.1 Å². The van der Waals surface area contributed by atoms with E-state index in [9.17, 15) is 19.8 Å². The predicted molar refractivity (Wildman–Crippen MR) is 72.2 cm³/mol. The van der Waals surface area contributed by atoms with Crippen LogP contribution >= 0.6 is 0 Å². The molecular formula is C15H14O5. The number of rotatable bonds is 2. The normalized spacial score (nSPS) is 15.4. The Kier molecular flexibility index (Phi) is 3.36. The topological polar surface area (TPSA) is 83.8 Å². The van der Waals surface area contributed by atoms with Gasteiger partial charge in [-0.05, 0) is 25.5 Å². The Morgan fingerprint density at radius 1 is 1.10 bits per heavy atom. The van der Waals surface area contributed by atoms with Crippen molar-refractivity contribution in [3.63, 3.8) is 0 Å². The summed E-state index contributed by atoms with van der Waals surface area (Å²) in [7, 11) is 1.32. The van der Waals surface area contributed by atoms with Gasteiger partial charge in [0.25, 0.3) is 0 Å². The highest BCUT2D eigenvalue weighted by atomic mass is 16.5. The van der Waals surface area contributed by atoms with Gasteiger partial charge in [-0.15, -0.1) is 0 Å². The first-order chi connectivity index (χ1) is 9.36. The highest BCUT2D eigenvalue weighted by Gasteiger charge is 2.29. The van der Waals surface area contributed by atoms with Crippen LogP contribution in [0.2, 0.25) is 0 Å². The lowest BCUT2D eigenvalue weighted by Gasteiger charge is -2.18. The molecule has 1 aromatic rings. The minimum atomic E-state index is -0.414. The molecule has 0 unspecified atom stereocenters. The van der Waals surface area contributed by atoms with Crippen LogP contribution in [-0.4, -0.2) is 28.9 Å². The van der Waals surface area contributed by atoms with E-state index in [0.717, 1.165) is 12.1 Å². The first-order valence-electron chi connectivity index (χ1n) is 5.95. The number of aromatic hydroxyl groups is 2. The van der Waals surface area contributed by atoms with Crippen LogP contribution in [0.15, 0.2) is 29.5 Å². The van der Waals surface area contributed by atoms with E-state index < -0.39 is 11.6 Å². The standard InChI is InChI=1S/C15H14O5/c1-7-4-9(16)5-10(17)13(7)14-8(2)15(19)12(20-3)6-11(14)18/h4-6,16-17H,1-3H3. The summed E-state index contributed by atoms with van der Waals surface area (Å²) in [6, 6.07) is 2.55. The molecule has 0 atom stereocenters. The Morgan fingerprint density at radius 3 is 2.30 bits per heavy atom. The molecular weight excluding hydrogens is 260 g/mol. The van der Waals surface area contributed by atoms with Gasteiger partial charge in [-0.1, -0.05) is 0 Å². The van der Waals surface area contributed by atoms with Crippen molar-refractivity contribution in [2.24, 2.45) is 0 Å². The number of hydrogen-bond acceptors (Lipinski definition) is 5. The molecule has 0 saturated heterocycles. The van der Waals surface area contributed by atoms with Gasteiger partial charge >= 0.3 is 0 Å².